The van der Waals surface area contributed by atoms with Crippen LogP contribution in [-0.4, -0.2) is 32.7 Å². The molecule has 2 N–H and O–H groups in total. The van der Waals surface area contributed by atoms with E-state index in [4.69, 9.17) is 4.74 Å². The monoisotopic (exact) mass is 297 g/mol. The summed E-state index contributed by atoms with van der Waals surface area (Å²) in [6.07, 6.45) is 0. The lowest BCUT2D eigenvalue weighted by Crippen LogP contribution is -2.24. The largest absolute Gasteiger partial charge is 0.477 e. The van der Waals surface area contributed by atoms with Gasteiger partial charge in [0.15, 0.2) is 5.69 Å². The van der Waals surface area contributed by atoms with Gasteiger partial charge < -0.3 is 15.0 Å². The Bertz CT molecular complexity index is 749. The number of hydrogen-bond acceptors (Lipinski definition) is 5. The van der Waals surface area contributed by atoms with Crippen LogP contribution in [0.25, 0.3) is 11.0 Å². The predicted octanol–water partition coefficient (Wildman–Crippen LogP) is 1.68. The molecule has 0 atom stereocenters. The molecule has 0 unspecified atom stereocenters. The molecule has 0 saturated heterocycles. The van der Waals surface area contributed by atoms with E-state index < -0.39 is 0 Å². The molecule has 0 fully saturated rings. The predicted molar refractivity (Wildman–Crippen MR) is 80.5 cm³/mol. The van der Waals surface area contributed by atoms with Gasteiger partial charge >= 0.3 is 0 Å². The number of H-pyrrole nitrogens is 1. The molecular formula is C15H15N5O2. The zero-order valence-electron chi connectivity index (χ0n) is 12.0. The number of fused-ring (bicyclic) bond motifs is 1. The van der Waals surface area contributed by atoms with Crippen LogP contribution in [0.4, 0.5) is 0 Å². The van der Waals surface area contributed by atoms with Gasteiger partial charge in [-0.25, -0.2) is 4.98 Å². The smallest absolute Gasteiger partial charge is 0.272 e. The molecule has 0 aliphatic rings. The number of aromatic amines is 1. The zero-order valence-corrected chi connectivity index (χ0v) is 12.0. The zero-order chi connectivity index (χ0) is 15.4. The van der Waals surface area contributed by atoms with Crippen LogP contribution in [0, 0.1) is 0 Å². The highest BCUT2D eigenvalue weighted by molar-refractivity contribution is 5.92. The van der Waals surface area contributed by atoms with E-state index in [1.165, 1.54) is 0 Å². The second-order valence-corrected chi connectivity index (χ2v) is 4.57. The van der Waals surface area contributed by atoms with E-state index in [1.54, 1.807) is 12.1 Å². The second kappa shape index (κ2) is 6.21. The van der Waals surface area contributed by atoms with Crippen molar-refractivity contribution in [2.75, 3.05) is 6.61 Å². The van der Waals surface area contributed by atoms with Crippen LogP contribution < -0.4 is 10.1 Å². The lowest BCUT2D eigenvalue weighted by Gasteiger charge is -2.03. The summed E-state index contributed by atoms with van der Waals surface area (Å²) in [5, 5.41) is 10.4. The fraction of sp³-hybridized carbons (Fsp3) is 0.200. The molecule has 1 amide bonds. The quantitative estimate of drug-likeness (QED) is 0.747. The van der Waals surface area contributed by atoms with Crippen molar-refractivity contribution in [2.45, 2.75) is 13.5 Å². The van der Waals surface area contributed by atoms with E-state index in [1.807, 2.05) is 31.2 Å². The van der Waals surface area contributed by atoms with Crippen LogP contribution in [-0.2, 0) is 6.54 Å². The summed E-state index contributed by atoms with van der Waals surface area (Å²) in [5.74, 6) is 0.779. The van der Waals surface area contributed by atoms with Gasteiger partial charge in [-0.15, -0.1) is 10.2 Å². The third-order valence-corrected chi connectivity index (χ3v) is 3.02. The van der Waals surface area contributed by atoms with Gasteiger partial charge in [0.1, 0.15) is 5.82 Å². The lowest BCUT2D eigenvalue weighted by atomic mass is 10.3. The molecular weight excluding hydrogens is 282 g/mol. The lowest BCUT2D eigenvalue weighted by molar-refractivity contribution is 0.0943. The molecule has 0 saturated carbocycles. The number of aromatic nitrogens is 4. The molecule has 2 heterocycles. The normalized spacial score (nSPS) is 10.6. The fourth-order valence-electron chi connectivity index (χ4n) is 2.01. The summed E-state index contributed by atoms with van der Waals surface area (Å²) in [6, 6.07) is 10.9. The van der Waals surface area contributed by atoms with E-state index in [9.17, 15) is 4.79 Å². The van der Waals surface area contributed by atoms with Crippen molar-refractivity contribution in [1.29, 1.82) is 0 Å². The van der Waals surface area contributed by atoms with Gasteiger partial charge in [0.25, 0.3) is 5.91 Å². The SMILES string of the molecule is CCOc1ccc(C(=O)NCc2nc3ccccc3[nH]2)nn1. The molecule has 0 aliphatic carbocycles. The molecule has 3 rings (SSSR count). The molecule has 0 radical (unpaired) electrons. The van der Waals surface area contributed by atoms with Crippen LogP contribution in [0.5, 0.6) is 5.88 Å². The number of benzene rings is 1. The Hall–Kier alpha value is -2.96. The van der Waals surface area contributed by atoms with E-state index in [-0.39, 0.29) is 11.6 Å². The molecule has 0 bridgehead atoms. The Morgan fingerprint density at radius 2 is 2.09 bits per heavy atom. The topological polar surface area (TPSA) is 92.8 Å². The minimum Gasteiger partial charge on any atom is -0.477 e. The third-order valence-electron chi connectivity index (χ3n) is 3.02. The standard InChI is InChI=1S/C15H15N5O2/c1-2-22-14-8-7-12(19-20-14)15(21)16-9-13-17-10-5-3-4-6-11(10)18-13/h3-8H,2,9H2,1H3,(H,16,21)(H,17,18). The van der Waals surface area contributed by atoms with Crippen molar-refractivity contribution in [3.63, 3.8) is 0 Å². The van der Waals surface area contributed by atoms with Gasteiger partial charge in [0.05, 0.1) is 24.2 Å². The molecule has 112 valence electrons. The number of nitrogens with one attached hydrogen (secondary N) is 2. The van der Waals surface area contributed by atoms with Gasteiger partial charge in [-0.1, -0.05) is 12.1 Å². The first-order valence-corrected chi connectivity index (χ1v) is 6.94. The highest BCUT2D eigenvalue weighted by Gasteiger charge is 2.09. The highest BCUT2D eigenvalue weighted by atomic mass is 16.5. The summed E-state index contributed by atoms with van der Waals surface area (Å²) in [4.78, 5) is 19.5. The van der Waals surface area contributed by atoms with Crippen molar-refractivity contribution in [1.82, 2.24) is 25.5 Å². The maximum Gasteiger partial charge on any atom is 0.272 e. The molecule has 0 spiro atoms. The van der Waals surface area contributed by atoms with Gasteiger partial charge in [-0.2, -0.15) is 0 Å². The number of amides is 1. The second-order valence-electron chi connectivity index (χ2n) is 4.57. The van der Waals surface area contributed by atoms with Crippen LogP contribution >= 0.6 is 0 Å². The number of hydrogen-bond donors (Lipinski definition) is 2. The van der Waals surface area contributed by atoms with Crippen molar-refractivity contribution >= 4 is 16.9 Å². The van der Waals surface area contributed by atoms with Gasteiger partial charge in [-0.05, 0) is 25.1 Å². The maximum absolute atomic E-state index is 12.0. The van der Waals surface area contributed by atoms with Crippen LogP contribution in [0.15, 0.2) is 36.4 Å². The number of rotatable bonds is 5. The van der Waals surface area contributed by atoms with Crippen molar-refractivity contribution in [3.05, 3.63) is 47.9 Å². The number of carbonyl (C=O) groups is 1. The van der Waals surface area contributed by atoms with Crippen LogP contribution in [0.1, 0.15) is 23.2 Å². The van der Waals surface area contributed by atoms with Crippen molar-refractivity contribution in [3.8, 4) is 5.88 Å². The van der Waals surface area contributed by atoms with Gasteiger partial charge in [0.2, 0.25) is 5.88 Å². The van der Waals surface area contributed by atoms with E-state index in [0.717, 1.165) is 11.0 Å². The van der Waals surface area contributed by atoms with E-state index in [2.05, 4.69) is 25.5 Å². The molecule has 22 heavy (non-hydrogen) atoms. The van der Waals surface area contributed by atoms with Gasteiger partial charge in [0, 0.05) is 6.07 Å². The Balaban J connectivity index is 1.64. The summed E-state index contributed by atoms with van der Waals surface area (Å²) in [6.45, 7) is 2.66. The number of imidazole rings is 1. The molecule has 3 aromatic rings. The van der Waals surface area contributed by atoms with Crippen molar-refractivity contribution in [2.24, 2.45) is 0 Å². The average molecular weight is 297 g/mol. The Kier molecular flexibility index (Phi) is 3.95. The first-order chi connectivity index (χ1) is 10.8. The summed E-state index contributed by atoms with van der Waals surface area (Å²) >= 11 is 0. The van der Waals surface area contributed by atoms with Crippen molar-refractivity contribution < 1.29 is 9.53 Å². The number of para-hydroxylation sites is 2. The summed E-state index contributed by atoms with van der Waals surface area (Å²) in [5.41, 5.74) is 2.04. The number of carbonyl (C=O) groups excluding carboxylic acids is 1. The third kappa shape index (κ3) is 3.03. The highest BCUT2D eigenvalue weighted by Crippen LogP contribution is 2.10. The molecule has 2 aromatic heterocycles. The van der Waals surface area contributed by atoms with Crippen LogP contribution in [0.3, 0.4) is 0 Å². The first-order valence-electron chi connectivity index (χ1n) is 6.94. The minimum absolute atomic E-state index is 0.236. The fourth-order valence-corrected chi connectivity index (χ4v) is 2.01. The number of ether oxygens (including phenoxy) is 1. The number of nitrogens with zero attached hydrogens (tertiary/aromatic N) is 3. The first kappa shape index (κ1) is 14.0. The molecule has 0 aliphatic heterocycles. The molecule has 7 nitrogen and oxygen atoms in total. The Morgan fingerprint density at radius 3 is 2.82 bits per heavy atom. The summed E-state index contributed by atoms with van der Waals surface area (Å²) in [7, 11) is 0. The Morgan fingerprint density at radius 1 is 1.23 bits per heavy atom. The van der Waals surface area contributed by atoms with E-state index >= 15 is 0 Å². The Labute approximate surface area is 126 Å². The maximum atomic E-state index is 12.0. The average Bonchev–Trinajstić information content (AvgIpc) is 2.96. The molecule has 1 aromatic carbocycles. The van der Waals surface area contributed by atoms with E-state index in [0.29, 0.717) is 24.9 Å². The molecule has 7 heteroatoms. The summed E-state index contributed by atoms with van der Waals surface area (Å²) < 4.78 is 5.18. The minimum atomic E-state index is -0.309. The van der Waals surface area contributed by atoms with Gasteiger partial charge in [-0.3, -0.25) is 4.79 Å². The van der Waals surface area contributed by atoms with Crippen LogP contribution in [0.2, 0.25) is 0 Å².